The molecule has 144 valence electrons. The molecule has 1 amide bonds. The van der Waals surface area contributed by atoms with Crippen molar-refractivity contribution in [1.82, 2.24) is 4.90 Å². The molecule has 1 unspecified atom stereocenters. The van der Waals surface area contributed by atoms with Crippen LogP contribution in [-0.2, 0) is 11.2 Å². The smallest absolute Gasteiger partial charge is 0.222 e. The van der Waals surface area contributed by atoms with Crippen molar-refractivity contribution in [2.24, 2.45) is 5.92 Å². The number of hydrogen-bond donors (Lipinski definition) is 0. The van der Waals surface area contributed by atoms with Crippen molar-refractivity contribution in [3.8, 4) is 11.5 Å². The first-order valence-electron chi connectivity index (χ1n) is 9.61. The van der Waals surface area contributed by atoms with Crippen molar-refractivity contribution in [2.45, 2.75) is 31.6 Å². The Hall–Kier alpha value is -2.49. The molecular formula is C23H29NO3. The predicted molar refractivity (Wildman–Crippen MR) is 107 cm³/mol. The standard InChI is InChI=1S/C23H29NO3/c1-24(15-14-17-4-10-20(26-2)11-5-17)23(25)16-22(18-6-7-18)19-8-12-21(27-3)13-9-19/h4-5,8-13,18,22H,6-7,14-16H2,1-3H3. The fourth-order valence-electron chi connectivity index (χ4n) is 3.46. The van der Waals surface area contributed by atoms with Crippen molar-refractivity contribution >= 4 is 5.91 Å². The maximum absolute atomic E-state index is 12.8. The van der Waals surface area contributed by atoms with E-state index in [1.54, 1.807) is 14.2 Å². The summed E-state index contributed by atoms with van der Waals surface area (Å²) in [5.41, 5.74) is 2.46. The number of amides is 1. The highest BCUT2D eigenvalue weighted by Crippen LogP contribution is 2.45. The molecule has 0 saturated heterocycles. The molecule has 1 fully saturated rings. The molecule has 1 aliphatic rings. The average molecular weight is 367 g/mol. The molecular weight excluding hydrogens is 338 g/mol. The van der Waals surface area contributed by atoms with E-state index < -0.39 is 0 Å². The van der Waals surface area contributed by atoms with E-state index in [4.69, 9.17) is 9.47 Å². The van der Waals surface area contributed by atoms with E-state index in [-0.39, 0.29) is 5.91 Å². The molecule has 27 heavy (non-hydrogen) atoms. The van der Waals surface area contributed by atoms with E-state index in [1.165, 1.54) is 24.0 Å². The molecule has 0 radical (unpaired) electrons. The topological polar surface area (TPSA) is 38.8 Å². The first-order chi connectivity index (χ1) is 13.1. The Morgan fingerprint density at radius 1 is 1.00 bits per heavy atom. The van der Waals surface area contributed by atoms with Gasteiger partial charge in [-0.15, -0.1) is 0 Å². The minimum Gasteiger partial charge on any atom is -0.497 e. The minimum atomic E-state index is 0.219. The SMILES string of the molecule is COc1ccc(CCN(C)C(=O)CC(c2ccc(OC)cc2)C2CC2)cc1. The van der Waals surface area contributed by atoms with Gasteiger partial charge in [0.25, 0.3) is 0 Å². The van der Waals surface area contributed by atoms with Crippen LogP contribution in [-0.4, -0.2) is 38.6 Å². The Morgan fingerprint density at radius 3 is 2.07 bits per heavy atom. The van der Waals surface area contributed by atoms with Crippen LogP contribution < -0.4 is 9.47 Å². The van der Waals surface area contributed by atoms with Crippen molar-refractivity contribution < 1.29 is 14.3 Å². The van der Waals surface area contributed by atoms with Gasteiger partial charge in [-0.2, -0.15) is 0 Å². The summed E-state index contributed by atoms with van der Waals surface area (Å²) in [5.74, 6) is 2.88. The van der Waals surface area contributed by atoms with Crippen LogP contribution in [0.2, 0.25) is 0 Å². The maximum Gasteiger partial charge on any atom is 0.222 e. The lowest BCUT2D eigenvalue weighted by Crippen LogP contribution is -2.30. The summed E-state index contributed by atoms with van der Waals surface area (Å²) < 4.78 is 10.4. The van der Waals surface area contributed by atoms with Gasteiger partial charge in [0.05, 0.1) is 14.2 Å². The van der Waals surface area contributed by atoms with Crippen molar-refractivity contribution in [3.05, 3.63) is 59.7 Å². The lowest BCUT2D eigenvalue weighted by molar-refractivity contribution is -0.130. The highest BCUT2D eigenvalue weighted by atomic mass is 16.5. The number of nitrogens with zero attached hydrogens (tertiary/aromatic N) is 1. The lowest BCUT2D eigenvalue weighted by Gasteiger charge is -2.22. The third-order valence-corrected chi connectivity index (χ3v) is 5.45. The highest BCUT2D eigenvalue weighted by Gasteiger charge is 2.34. The Bertz CT molecular complexity index is 735. The van der Waals surface area contributed by atoms with Gasteiger partial charge in [0, 0.05) is 20.0 Å². The van der Waals surface area contributed by atoms with E-state index >= 15 is 0 Å². The molecule has 3 rings (SSSR count). The predicted octanol–water partition coefficient (Wildman–Crippen LogP) is 4.29. The van der Waals surface area contributed by atoms with E-state index in [2.05, 4.69) is 24.3 Å². The monoisotopic (exact) mass is 367 g/mol. The van der Waals surface area contributed by atoms with Gasteiger partial charge < -0.3 is 14.4 Å². The van der Waals surface area contributed by atoms with Crippen molar-refractivity contribution in [2.75, 3.05) is 27.8 Å². The molecule has 1 aliphatic carbocycles. The van der Waals surface area contributed by atoms with Gasteiger partial charge in [0.2, 0.25) is 5.91 Å². The number of ether oxygens (including phenoxy) is 2. The number of carbonyl (C=O) groups excluding carboxylic acids is 1. The minimum absolute atomic E-state index is 0.219. The van der Waals surface area contributed by atoms with Crippen LogP contribution in [0.5, 0.6) is 11.5 Å². The second-order valence-corrected chi connectivity index (χ2v) is 7.33. The largest absolute Gasteiger partial charge is 0.497 e. The third-order valence-electron chi connectivity index (χ3n) is 5.45. The van der Waals surface area contributed by atoms with Gasteiger partial charge in [-0.3, -0.25) is 4.79 Å². The van der Waals surface area contributed by atoms with Gasteiger partial charge in [-0.05, 0) is 66.5 Å². The fourth-order valence-corrected chi connectivity index (χ4v) is 3.46. The molecule has 4 nitrogen and oxygen atoms in total. The van der Waals surface area contributed by atoms with Gasteiger partial charge in [-0.25, -0.2) is 0 Å². The summed E-state index contributed by atoms with van der Waals surface area (Å²) in [6.07, 6.45) is 3.87. The van der Waals surface area contributed by atoms with E-state index in [0.717, 1.165) is 24.5 Å². The van der Waals surface area contributed by atoms with Crippen molar-refractivity contribution in [3.63, 3.8) is 0 Å². The summed E-state index contributed by atoms with van der Waals surface area (Å²) in [5, 5.41) is 0. The van der Waals surface area contributed by atoms with Gasteiger partial charge in [0.1, 0.15) is 11.5 Å². The van der Waals surface area contributed by atoms with Crippen LogP contribution in [0.15, 0.2) is 48.5 Å². The second kappa shape index (κ2) is 8.94. The Balaban J connectivity index is 1.56. The molecule has 0 heterocycles. The number of likely N-dealkylation sites (N-methyl/N-ethyl adjacent to an activating group) is 1. The zero-order chi connectivity index (χ0) is 19.2. The molecule has 0 aromatic heterocycles. The van der Waals surface area contributed by atoms with Crippen LogP contribution in [0.3, 0.4) is 0 Å². The molecule has 0 spiro atoms. The zero-order valence-electron chi connectivity index (χ0n) is 16.5. The van der Waals surface area contributed by atoms with Crippen LogP contribution >= 0.6 is 0 Å². The van der Waals surface area contributed by atoms with E-state index in [0.29, 0.717) is 18.3 Å². The zero-order valence-corrected chi connectivity index (χ0v) is 16.5. The number of hydrogen-bond acceptors (Lipinski definition) is 3. The Kier molecular flexibility index (Phi) is 6.38. The summed E-state index contributed by atoms with van der Waals surface area (Å²) >= 11 is 0. The summed E-state index contributed by atoms with van der Waals surface area (Å²) in [6, 6.07) is 16.2. The molecule has 4 heteroatoms. The number of rotatable bonds is 9. The molecule has 1 atom stereocenters. The number of methoxy groups -OCH3 is 2. The summed E-state index contributed by atoms with van der Waals surface area (Å²) in [4.78, 5) is 14.6. The lowest BCUT2D eigenvalue weighted by atomic mass is 9.90. The molecule has 2 aromatic rings. The first-order valence-corrected chi connectivity index (χ1v) is 9.61. The van der Waals surface area contributed by atoms with Crippen molar-refractivity contribution in [1.29, 1.82) is 0 Å². The van der Waals surface area contributed by atoms with E-state index in [1.807, 2.05) is 36.2 Å². The van der Waals surface area contributed by atoms with Crippen LogP contribution in [0.4, 0.5) is 0 Å². The quantitative estimate of drug-likeness (QED) is 0.664. The van der Waals surface area contributed by atoms with Gasteiger partial charge in [0.15, 0.2) is 0 Å². The molecule has 0 aliphatic heterocycles. The Morgan fingerprint density at radius 2 is 1.56 bits per heavy atom. The third kappa shape index (κ3) is 5.25. The maximum atomic E-state index is 12.8. The summed E-state index contributed by atoms with van der Waals surface area (Å²) in [6.45, 7) is 0.727. The molecule has 0 bridgehead atoms. The van der Waals surface area contributed by atoms with Crippen LogP contribution in [0.1, 0.15) is 36.3 Å². The summed E-state index contributed by atoms with van der Waals surface area (Å²) in [7, 11) is 5.25. The fraction of sp³-hybridized carbons (Fsp3) is 0.435. The second-order valence-electron chi connectivity index (χ2n) is 7.33. The molecule has 0 N–H and O–H groups in total. The molecule has 2 aromatic carbocycles. The molecule has 1 saturated carbocycles. The van der Waals surface area contributed by atoms with Crippen LogP contribution in [0, 0.1) is 5.92 Å². The van der Waals surface area contributed by atoms with Crippen LogP contribution in [0.25, 0.3) is 0 Å². The number of benzene rings is 2. The first kappa shape index (κ1) is 19.3. The number of carbonyl (C=O) groups is 1. The Labute approximate surface area is 162 Å². The highest BCUT2D eigenvalue weighted by molar-refractivity contribution is 5.77. The normalized spacial score (nSPS) is 14.5. The average Bonchev–Trinajstić information content (AvgIpc) is 3.55. The van der Waals surface area contributed by atoms with E-state index in [9.17, 15) is 4.79 Å². The van der Waals surface area contributed by atoms with Gasteiger partial charge in [-0.1, -0.05) is 24.3 Å². The van der Waals surface area contributed by atoms with Gasteiger partial charge >= 0.3 is 0 Å².